The van der Waals surface area contributed by atoms with Gasteiger partial charge >= 0.3 is 11.8 Å². The fourth-order valence-electron chi connectivity index (χ4n) is 2.55. The van der Waals surface area contributed by atoms with Crippen molar-refractivity contribution in [3.63, 3.8) is 0 Å². The lowest BCUT2D eigenvalue weighted by atomic mass is 10.2. The maximum Gasteiger partial charge on any atom is 0.311 e. The molecule has 0 N–H and O–H groups in total. The molecule has 2 heterocycles. The molecular formula is C16H19FN4O2. The number of hydrogen-bond acceptors (Lipinski definition) is 5. The van der Waals surface area contributed by atoms with E-state index in [1.807, 2.05) is 24.8 Å². The zero-order chi connectivity index (χ0) is 16.4. The van der Waals surface area contributed by atoms with Gasteiger partial charge in [-0.25, -0.2) is 4.39 Å². The van der Waals surface area contributed by atoms with Crippen LogP contribution in [-0.2, 0) is 0 Å². The summed E-state index contributed by atoms with van der Waals surface area (Å²) in [7, 11) is 0. The summed E-state index contributed by atoms with van der Waals surface area (Å²) in [6, 6.07) is 6.67. The summed E-state index contributed by atoms with van der Waals surface area (Å²) >= 11 is 0. The molecule has 3 rings (SSSR count). The Bertz CT molecular complexity index is 693. The molecule has 0 unspecified atom stereocenters. The van der Waals surface area contributed by atoms with Gasteiger partial charge in [-0.2, -0.15) is 0 Å². The Hall–Kier alpha value is -2.44. The smallest absolute Gasteiger partial charge is 0.311 e. The summed E-state index contributed by atoms with van der Waals surface area (Å²) in [4.78, 5) is 16.0. The summed E-state index contributed by atoms with van der Waals surface area (Å²) in [6.07, 6.45) is 0. The SMILES string of the molecule is CC(C)c1nnc(C(=O)N2CCN(c3ccccc3F)CC2)o1. The number of piperazine rings is 1. The Morgan fingerprint density at radius 2 is 1.87 bits per heavy atom. The maximum absolute atomic E-state index is 13.8. The molecule has 1 fully saturated rings. The summed E-state index contributed by atoms with van der Waals surface area (Å²) in [5.74, 6) is 0.0525. The highest BCUT2D eigenvalue weighted by molar-refractivity contribution is 5.89. The second kappa shape index (κ2) is 6.36. The highest BCUT2D eigenvalue weighted by Crippen LogP contribution is 2.21. The normalized spacial score (nSPS) is 15.3. The number of halogens is 1. The third-order valence-electron chi connectivity index (χ3n) is 3.88. The summed E-state index contributed by atoms with van der Waals surface area (Å²) < 4.78 is 19.2. The predicted molar refractivity (Wildman–Crippen MR) is 82.9 cm³/mol. The Balaban J connectivity index is 1.64. The topological polar surface area (TPSA) is 62.5 Å². The number of anilines is 1. The van der Waals surface area contributed by atoms with E-state index in [2.05, 4.69) is 10.2 Å². The zero-order valence-corrected chi connectivity index (χ0v) is 13.2. The van der Waals surface area contributed by atoms with Gasteiger partial charge < -0.3 is 14.2 Å². The van der Waals surface area contributed by atoms with Gasteiger partial charge in [-0.05, 0) is 12.1 Å². The molecule has 122 valence electrons. The van der Waals surface area contributed by atoms with E-state index in [-0.39, 0.29) is 23.5 Å². The molecular weight excluding hydrogens is 299 g/mol. The number of hydrogen-bond donors (Lipinski definition) is 0. The van der Waals surface area contributed by atoms with Gasteiger partial charge in [0.25, 0.3) is 0 Å². The minimum absolute atomic E-state index is 0.0213. The molecule has 1 aromatic carbocycles. The summed E-state index contributed by atoms with van der Waals surface area (Å²) in [5, 5.41) is 7.70. The van der Waals surface area contributed by atoms with Crippen LogP contribution in [-0.4, -0.2) is 47.2 Å². The number of carbonyl (C=O) groups is 1. The molecule has 0 aliphatic carbocycles. The average molecular weight is 318 g/mol. The fraction of sp³-hybridized carbons (Fsp3) is 0.438. The number of carbonyl (C=O) groups excluding carboxylic acids is 1. The lowest BCUT2D eigenvalue weighted by molar-refractivity contribution is 0.0704. The quantitative estimate of drug-likeness (QED) is 0.869. The van der Waals surface area contributed by atoms with Crippen LogP contribution < -0.4 is 4.90 Å². The van der Waals surface area contributed by atoms with Gasteiger partial charge in [0.1, 0.15) is 5.82 Å². The van der Waals surface area contributed by atoms with Gasteiger partial charge in [0.15, 0.2) is 0 Å². The second-order valence-electron chi connectivity index (χ2n) is 5.83. The van der Waals surface area contributed by atoms with Gasteiger partial charge in [-0.1, -0.05) is 26.0 Å². The molecule has 6 nitrogen and oxygen atoms in total. The van der Waals surface area contributed by atoms with Crippen molar-refractivity contribution in [2.24, 2.45) is 0 Å². The molecule has 0 radical (unpaired) electrons. The minimum Gasteiger partial charge on any atom is -0.417 e. The van der Waals surface area contributed by atoms with Gasteiger partial charge in [-0.3, -0.25) is 4.79 Å². The van der Waals surface area contributed by atoms with E-state index in [0.717, 1.165) is 0 Å². The number of para-hydroxylation sites is 1. The number of rotatable bonds is 3. The highest BCUT2D eigenvalue weighted by Gasteiger charge is 2.27. The number of benzene rings is 1. The van der Waals surface area contributed by atoms with Gasteiger partial charge in [-0.15, -0.1) is 10.2 Å². The van der Waals surface area contributed by atoms with Crippen LogP contribution in [0.1, 0.15) is 36.3 Å². The van der Waals surface area contributed by atoms with Crippen LogP contribution in [0, 0.1) is 5.82 Å². The van der Waals surface area contributed by atoms with E-state index in [4.69, 9.17) is 4.42 Å². The molecule has 1 aliphatic rings. The van der Waals surface area contributed by atoms with E-state index in [9.17, 15) is 9.18 Å². The predicted octanol–water partition coefficient (Wildman–Crippen LogP) is 2.29. The Kier molecular flexibility index (Phi) is 4.27. The number of nitrogens with zero attached hydrogens (tertiary/aromatic N) is 4. The summed E-state index contributed by atoms with van der Waals surface area (Å²) in [6.45, 7) is 5.97. The van der Waals surface area contributed by atoms with Gasteiger partial charge in [0.2, 0.25) is 5.89 Å². The van der Waals surface area contributed by atoms with Crippen LogP contribution in [0.5, 0.6) is 0 Å². The first-order valence-electron chi connectivity index (χ1n) is 7.68. The van der Waals surface area contributed by atoms with Crippen molar-refractivity contribution in [1.29, 1.82) is 0 Å². The molecule has 23 heavy (non-hydrogen) atoms. The van der Waals surface area contributed by atoms with Crippen LogP contribution in [0.25, 0.3) is 0 Å². The standard InChI is InChI=1S/C16H19FN4O2/c1-11(2)14-18-19-15(23-14)16(22)21-9-7-20(8-10-21)13-6-4-3-5-12(13)17/h3-6,11H,7-10H2,1-2H3. The molecule has 0 atom stereocenters. The maximum atomic E-state index is 13.8. The monoisotopic (exact) mass is 318 g/mol. The minimum atomic E-state index is -0.266. The zero-order valence-electron chi connectivity index (χ0n) is 13.2. The van der Waals surface area contributed by atoms with Crippen LogP contribution in [0.15, 0.2) is 28.7 Å². The molecule has 0 bridgehead atoms. The molecule has 7 heteroatoms. The first-order chi connectivity index (χ1) is 11.1. The highest BCUT2D eigenvalue weighted by atomic mass is 19.1. The molecule has 1 amide bonds. The van der Waals surface area contributed by atoms with Crippen molar-refractivity contribution >= 4 is 11.6 Å². The number of amides is 1. The van der Waals surface area contributed by atoms with Crippen molar-refractivity contribution in [1.82, 2.24) is 15.1 Å². The van der Waals surface area contributed by atoms with Crippen molar-refractivity contribution in [2.45, 2.75) is 19.8 Å². The first kappa shape index (κ1) is 15.5. The Labute approximate surface area is 133 Å². The lowest BCUT2D eigenvalue weighted by Gasteiger charge is -2.35. The van der Waals surface area contributed by atoms with E-state index in [1.165, 1.54) is 6.07 Å². The van der Waals surface area contributed by atoms with Crippen molar-refractivity contribution in [3.05, 3.63) is 41.9 Å². The Morgan fingerprint density at radius 3 is 2.48 bits per heavy atom. The van der Waals surface area contributed by atoms with Crippen molar-refractivity contribution < 1.29 is 13.6 Å². The lowest BCUT2D eigenvalue weighted by Crippen LogP contribution is -2.49. The van der Waals surface area contributed by atoms with Crippen LogP contribution in [0.2, 0.25) is 0 Å². The molecule has 2 aromatic rings. The average Bonchev–Trinajstić information content (AvgIpc) is 3.05. The molecule has 1 aliphatic heterocycles. The molecule has 0 spiro atoms. The largest absolute Gasteiger partial charge is 0.417 e. The third kappa shape index (κ3) is 3.18. The van der Waals surface area contributed by atoms with Crippen molar-refractivity contribution in [2.75, 3.05) is 31.1 Å². The van der Waals surface area contributed by atoms with Crippen molar-refractivity contribution in [3.8, 4) is 0 Å². The van der Waals surface area contributed by atoms with E-state index in [0.29, 0.717) is 37.8 Å². The first-order valence-corrected chi connectivity index (χ1v) is 7.68. The number of aromatic nitrogens is 2. The molecule has 1 aromatic heterocycles. The molecule has 0 saturated carbocycles. The van der Waals surface area contributed by atoms with E-state index >= 15 is 0 Å². The fourth-order valence-corrected chi connectivity index (χ4v) is 2.55. The van der Waals surface area contributed by atoms with Gasteiger partial charge in [0, 0.05) is 32.1 Å². The van der Waals surface area contributed by atoms with Crippen LogP contribution in [0.3, 0.4) is 0 Å². The second-order valence-corrected chi connectivity index (χ2v) is 5.83. The molecule has 1 saturated heterocycles. The van der Waals surface area contributed by atoms with Crippen LogP contribution >= 0.6 is 0 Å². The van der Waals surface area contributed by atoms with Gasteiger partial charge in [0.05, 0.1) is 5.69 Å². The Morgan fingerprint density at radius 1 is 1.17 bits per heavy atom. The van der Waals surface area contributed by atoms with E-state index < -0.39 is 0 Å². The van der Waals surface area contributed by atoms with Crippen LogP contribution in [0.4, 0.5) is 10.1 Å². The third-order valence-corrected chi connectivity index (χ3v) is 3.88. The summed E-state index contributed by atoms with van der Waals surface area (Å²) in [5.41, 5.74) is 0.569. The van der Waals surface area contributed by atoms with E-state index in [1.54, 1.807) is 17.0 Å².